The number of nitrogens with zero attached hydrogens (tertiary/aromatic N) is 2. The number of amides is 1. The van der Waals surface area contributed by atoms with E-state index in [1.165, 1.54) is 25.6 Å². The number of alkyl carbamates (subject to hydrolysis) is 1. The van der Waals surface area contributed by atoms with E-state index < -0.39 is 17.7 Å². The van der Waals surface area contributed by atoms with Crippen LogP contribution in [0.15, 0.2) is 11.6 Å². The molecule has 1 rings (SSSR count). The van der Waals surface area contributed by atoms with Crippen molar-refractivity contribution in [2.75, 3.05) is 27.3 Å². The molecule has 1 heterocycles. The first-order valence-electron chi connectivity index (χ1n) is 7.54. The van der Waals surface area contributed by atoms with Gasteiger partial charge in [-0.15, -0.1) is 11.3 Å². The van der Waals surface area contributed by atoms with E-state index in [9.17, 15) is 9.59 Å². The Morgan fingerprint density at radius 1 is 1.35 bits per heavy atom. The molecule has 1 N–H and O–H groups in total. The summed E-state index contributed by atoms with van der Waals surface area (Å²) in [6.45, 7) is 6.88. The summed E-state index contributed by atoms with van der Waals surface area (Å²) in [5, 5.41) is 5.49. The molecule has 0 bridgehead atoms. The molecule has 7 nitrogen and oxygen atoms in total. The van der Waals surface area contributed by atoms with E-state index in [1.54, 1.807) is 6.20 Å². The zero-order valence-corrected chi connectivity index (χ0v) is 15.1. The lowest BCUT2D eigenvalue weighted by Gasteiger charge is -2.44. The number of thiazole rings is 1. The van der Waals surface area contributed by atoms with Crippen molar-refractivity contribution in [2.45, 2.75) is 32.9 Å². The molecule has 1 unspecified atom stereocenters. The summed E-state index contributed by atoms with van der Waals surface area (Å²) in [6, 6.07) is 0. The van der Waals surface area contributed by atoms with Crippen LogP contribution in [-0.4, -0.2) is 54.9 Å². The first kappa shape index (κ1) is 19.4. The van der Waals surface area contributed by atoms with Gasteiger partial charge in [-0.05, 0) is 13.1 Å². The van der Waals surface area contributed by atoms with E-state index in [2.05, 4.69) is 10.3 Å². The molecular weight excluding hydrogens is 318 g/mol. The normalized spacial score (nSPS) is 14.9. The summed E-state index contributed by atoms with van der Waals surface area (Å²) in [6.07, 6.45) is 1.58. The summed E-state index contributed by atoms with van der Waals surface area (Å²) in [5.41, 5.74) is -1.31. The van der Waals surface area contributed by atoms with Gasteiger partial charge in [-0.3, -0.25) is 10.2 Å². The SMILES string of the molecule is CCN(CC)[C@@](NC(=O)OC)(C(=O)OC)C(C)Cc1nccs1. The van der Waals surface area contributed by atoms with Crippen LogP contribution >= 0.6 is 11.3 Å². The van der Waals surface area contributed by atoms with Gasteiger partial charge < -0.3 is 9.47 Å². The number of aromatic nitrogens is 1. The average Bonchev–Trinajstić information content (AvgIpc) is 3.06. The van der Waals surface area contributed by atoms with Crippen molar-refractivity contribution in [2.24, 2.45) is 5.92 Å². The van der Waals surface area contributed by atoms with Crippen LogP contribution in [0.1, 0.15) is 25.8 Å². The highest BCUT2D eigenvalue weighted by atomic mass is 32.1. The smallest absolute Gasteiger partial charge is 0.408 e. The van der Waals surface area contributed by atoms with Crippen molar-refractivity contribution in [3.8, 4) is 0 Å². The van der Waals surface area contributed by atoms with Crippen molar-refractivity contribution in [1.82, 2.24) is 15.2 Å². The molecule has 0 aromatic carbocycles. The Morgan fingerprint density at radius 3 is 2.43 bits per heavy atom. The van der Waals surface area contributed by atoms with Gasteiger partial charge in [-0.25, -0.2) is 14.6 Å². The van der Waals surface area contributed by atoms with E-state index in [4.69, 9.17) is 9.47 Å². The van der Waals surface area contributed by atoms with Crippen molar-refractivity contribution in [3.05, 3.63) is 16.6 Å². The quantitative estimate of drug-likeness (QED) is 0.573. The van der Waals surface area contributed by atoms with Gasteiger partial charge in [0.15, 0.2) is 5.66 Å². The molecule has 130 valence electrons. The molecular formula is C15H25N3O4S. The van der Waals surface area contributed by atoms with Crippen LogP contribution < -0.4 is 5.32 Å². The van der Waals surface area contributed by atoms with Gasteiger partial charge in [-0.2, -0.15) is 0 Å². The van der Waals surface area contributed by atoms with E-state index in [0.29, 0.717) is 19.5 Å². The maximum atomic E-state index is 12.7. The number of carbonyl (C=O) groups is 2. The van der Waals surface area contributed by atoms with Gasteiger partial charge in [-0.1, -0.05) is 20.8 Å². The number of hydrogen-bond donors (Lipinski definition) is 1. The topological polar surface area (TPSA) is 80.8 Å². The fraction of sp³-hybridized carbons (Fsp3) is 0.667. The highest BCUT2D eigenvalue weighted by molar-refractivity contribution is 7.09. The number of likely N-dealkylation sites (N-methyl/N-ethyl adjacent to an activating group) is 1. The average molecular weight is 343 g/mol. The third-order valence-electron chi connectivity index (χ3n) is 3.91. The molecule has 0 saturated heterocycles. The lowest BCUT2D eigenvalue weighted by Crippen LogP contribution is -2.69. The van der Waals surface area contributed by atoms with E-state index in [1.807, 2.05) is 31.1 Å². The number of nitrogens with one attached hydrogen (secondary N) is 1. The number of ether oxygens (including phenoxy) is 2. The predicted molar refractivity (Wildman–Crippen MR) is 88.2 cm³/mol. The van der Waals surface area contributed by atoms with Gasteiger partial charge in [0, 0.05) is 23.9 Å². The summed E-state index contributed by atoms with van der Waals surface area (Å²) >= 11 is 1.51. The predicted octanol–water partition coefficient (Wildman–Crippen LogP) is 1.89. The van der Waals surface area contributed by atoms with Crippen LogP contribution in [0, 0.1) is 5.92 Å². The van der Waals surface area contributed by atoms with Gasteiger partial charge >= 0.3 is 12.1 Å². The van der Waals surface area contributed by atoms with Crippen molar-refractivity contribution in [1.29, 1.82) is 0 Å². The fourth-order valence-electron chi connectivity index (χ4n) is 2.74. The number of hydrogen-bond acceptors (Lipinski definition) is 7. The maximum Gasteiger partial charge on any atom is 0.408 e. The molecule has 1 aromatic rings. The Balaban J connectivity index is 3.27. The molecule has 0 spiro atoms. The molecule has 0 aliphatic heterocycles. The Labute approximate surface area is 141 Å². The van der Waals surface area contributed by atoms with Crippen LogP contribution in [0.2, 0.25) is 0 Å². The van der Waals surface area contributed by atoms with Crippen molar-refractivity contribution in [3.63, 3.8) is 0 Å². The molecule has 0 aliphatic rings. The zero-order chi connectivity index (χ0) is 17.5. The second kappa shape index (κ2) is 8.83. The minimum Gasteiger partial charge on any atom is -0.466 e. The number of esters is 1. The van der Waals surface area contributed by atoms with E-state index in [0.717, 1.165) is 5.01 Å². The summed E-state index contributed by atoms with van der Waals surface area (Å²) in [7, 11) is 2.58. The van der Waals surface area contributed by atoms with Gasteiger partial charge in [0.1, 0.15) is 0 Å². The lowest BCUT2D eigenvalue weighted by atomic mass is 9.89. The largest absolute Gasteiger partial charge is 0.466 e. The molecule has 0 aliphatic carbocycles. The second-order valence-electron chi connectivity index (χ2n) is 5.08. The minimum atomic E-state index is -1.31. The monoisotopic (exact) mass is 343 g/mol. The van der Waals surface area contributed by atoms with Crippen LogP contribution in [0.4, 0.5) is 4.79 Å². The van der Waals surface area contributed by atoms with Crippen molar-refractivity contribution < 1.29 is 19.1 Å². The molecule has 0 fully saturated rings. The standard InChI is InChI=1S/C15H25N3O4S/c1-6-18(7-2)15(13(19)21-4,17-14(20)22-5)11(3)10-12-16-8-9-23-12/h8-9,11H,6-7,10H2,1-5H3,(H,17,20)/t11?,15-/m1/s1. The highest BCUT2D eigenvalue weighted by Gasteiger charge is 2.50. The Bertz CT molecular complexity index is 505. The summed E-state index contributed by atoms with van der Waals surface area (Å²) in [4.78, 5) is 30.7. The van der Waals surface area contributed by atoms with E-state index in [-0.39, 0.29) is 5.92 Å². The molecule has 23 heavy (non-hydrogen) atoms. The van der Waals surface area contributed by atoms with Crippen LogP contribution in [0.5, 0.6) is 0 Å². The fourth-order valence-corrected chi connectivity index (χ4v) is 3.49. The number of rotatable bonds is 8. The lowest BCUT2D eigenvalue weighted by molar-refractivity contribution is -0.162. The van der Waals surface area contributed by atoms with Crippen LogP contribution in [0.25, 0.3) is 0 Å². The molecule has 8 heteroatoms. The summed E-state index contributed by atoms with van der Waals surface area (Å²) in [5.74, 6) is -0.782. The second-order valence-corrected chi connectivity index (χ2v) is 6.06. The first-order chi connectivity index (χ1) is 11.0. The van der Waals surface area contributed by atoms with Gasteiger partial charge in [0.25, 0.3) is 0 Å². The third-order valence-corrected chi connectivity index (χ3v) is 4.72. The minimum absolute atomic E-state index is 0.264. The van der Waals surface area contributed by atoms with Crippen molar-refractivity contribution >= 4 is 23.4 Å². The summed E-state index contributed by atoms with van der Waals surface area (Å²) < 4.78 is 9.75. The van der Waals surface area contributed by atoms with Gasteiger partial charge in [0.05, 0.1) is 19.2 Å². The van der Waals surface area contributed by atoms with Gasteiger partial charge in [0.2, 0.25) is 0 Å². The highest BCUT2D eigenvalue weighted by Crippen LogP contribution is 2.28. The zero-order valence-electron chi connectivity index (χ0n) is 14.3. The number of methoxy groups -OCH3 is 2. The number of carbonyl (C=O) groups excluding carboxylic acids is 2. The Morgan fingerprint density at radius 2 is 2.00 bits per heavy atom. The maximum absolute atomic E-state index is 12.7. The molecule has 0 saturated carbocycles. The first-order valence-corrected chi connectivity index (χ1v) is 8.42. The third kappa shape index (κ3) is 4.20. The Kier molecular flexibility index (Phi) is 7.44. The molecule has 1 amide bonds. The van der Waals surface area contributed by atoms with Crippen LogP contribution in [0.3, 0.4) is 0 Å². The molecule has 2 atom stereocenters. The van der Waals surface area contributed by atoms with Crippen LogP contribution in [-0.2, 0) is 20.7 Å². The van der Waals surface area contributed by atoms with E-state index >= 15 is 0 Å². The molecule has 0 radical (unpaired) electrons. The Hall–Kier alpha value is -1.67. The molecule has 1 aromatic heterocycles.